The SMILES string of the molecule is O=C(NC(Cc1c[nH]c2ccc(F)cc12)C(=O)NC[C@@H]1C=C(Br)NO1)OCc1cnc2ccccc2c1. The predicted octanol–water partition coefficient (Wildman–Crippen LogP) is 3.95. The Labute approximate surface area is 219 Å². The van der Waals surface area contributed by atoms with E-state index in [0.29, 0.717) is 21.1 Å². The number of rotatable bonds is 8. The Bertz CT molecular complexity index is 1490. The molecule has 0 saturated heterocycles. The molecule has 190 valence electrons. The number of alkyl carbamates (subject to hydrolysis) is 1. The highest BCUT2D eigenvalue weighted by molar-refractivity contribution is 9.11. The molecule has 11 heteroatoms. The number of hydrogen-bond acceptors (Lipinski definition) is 6. The number of hydroxylamine groups is 1. The van der Waals surface area contributed by atoms with Crippen molar-refractivity contribution >= 4 is 49.7 Å². The van der Waals surface area contributed by atoms with Gasteiger partial charge in [0.2, 0.25) is 5.91 Å². The molecule has 2 atom stereocenters. The maximum Gasteiger partial charge on any atom is 0.408 e. The van der Waals surface area contributed by atoms with Gasteiger partial charge in [-0.3, -0.25) is 20.1 Å². The van der Waals surface area contributed by atoms with E-state index in [9.17, 15) is 14.0 Å². The third kappa shape index (κ3) is 6.07. The van der Waals surface area contributed by atoms with Crippen molar-refractivity contribution in [1.29, 1.82) is 0 Å². The van der Waals surface area contributed by atoms with Crippen LogP contribution in [0.3, 0.4) is 0 Å². The van der Waals surface area contributed by atoms with E-state index in [0.717, 1.165) is 16.4 Å². The third-order valence-corrected chi connectivity index (χ3v) is 6.32. The molecule has 37 heavy (non-hydrogen) atoms. The number of aromatic nitrogens is 2. The number of nitrogens with zero attached hydrogens (tertiary/aromatic N) is 1. The first kappa shape index (κ1) is 24.7. The van der Waals surface area contributed by atoms with Crippen LogP contribution in [0.5, 0.6) is 0 Å². The van der Waals surface area contributed by atoms with Gasteiger partial charge in [-0.15, -0.1) is 0 Å². The van der Waals surface area contributed by atoms with Crippen LogP contribution in [0.25, 0.3) is 21.8 Å². The first-order chi connectivity index (χ1) is 17.9. The number of aromatic amines is 1. The smallest absolute Gasteiger partial charge is 0.408 e. The van der Waals surface area contributed by atoms with Gasteiger partial charge in [-0.2, -0.15) is 0 Å². The molecule has 2 aromatic carbocycles. The molecule has 1 aliphatic rings. The van der Waals surface area contributed by atoms with E-state index in [4.69, 9.17) is 9.57 Å². The largest absolute Gasteiger partial charge is 0.445 e. The molecule has 0 saturated carbocycles. The summed E-state index contributed by atoms with van der Waals surface area (Å²) in [5, 5.41) is 6.98. The fourth-order valence-corrected chi connectivity index (χ4v) is 4.45. The summed E-state index contributed by atoms with van der Waals surface area (Å²) < 4.78 is 19.9. The summed E-state index contributed by atoms with van der Waals surface area (Å²) >= 11 is 3.27. The number of halogens is 2. The highest BCUT2D eigenvalue weighted by Gasteiger charge is 2.25. The van der Waals surface area contributed by atoms with Gasteiger partial charge < -0.3 is 20.4 Å². The van der Waals surface area contributed by atoms with Crippen LogP contribution >= 0.6 is 15.9 Å². The Hall–Kier alpha value is -3.96. The summed E-state index contributed by atoms with van der Waals surface area (Å²) in [6.07, 6.45) is 4.07. The number of nitrogens with one attached hydrogen (secondary N) is 4. The molecule has 0 bridgehead atoms. The molecule has 1 unspecified atom stereocenters. The molecular weight excluding hydrogens is 545 g/mol. The van der Waals surface area contributed by atoms with Gasteiger partial charge in [0.05, 0.1) is 12.1 Å². The Morgan fingerprint density at radius 2 is 2.08 bits per heavy atom. The van der Waals surface area contributed by atoms with Gasteiger partial charge in [0.1, 0.15) is 29.2 Å². The minimum atomic E-state index is -0.980. The van der Waals surface area contributed by atoms with E-state index in [-0.39, 0.29) is 25.7 Å². The van der Waals surface area contributed by atoms with Crippen molar-refractivity contribution in [1.82, 2.24) is 26.1 Å². The van der Waals surface area contributed by atoms with Crippen LogP contribution in [0.1, 0.15) is 11.1 Å². The van der Waals surface area contributed by atoms with Crippen LogP contribution in [0.2, 0.25) is 0 Å². The number of carbonyl (C=O) groups excluding carboxylic acids is 2. The zero-order valence-electron chi connectivity index (χ0n) is 19.5. The van der Waals surface area contributed by atoms with Crippen molar-refractivity contribution in [2.24, 2.45) is 0 Å². The molecule has 0 aliphatic carbocycles. The fourth-order valence-electron chi connectivity index (χ4n) is 4.07. The Morgan fingerprint density at radius 1 is 1.22 bits per heavy atom. The van der Waals surface area contributed by atoms with E-state index >= 15 is 0 Å². The first-order valence-corrected chi connectivity index (χ1v) is 12.3. The fraction of sp³-hybridized carbons (Fsp3) is 0.192. The Morgan fingerprint density at radius 3 is 2.92 bits per heavy atom. The molecule has 4 N–H and O–H groups in total. The van der Waals surface area contributed by atoms with Crippen molar-refractivity contribution < 1.29 is 23.6 Å². The highest BCUT2D eigenvalue weighted by Crippen LogP contribution is 2.21. The summed E-state index contributed by atoms with van der Waals surface area (Å²) in [5.41, 5.74) is 5.60. The Kier molecular flexibility index (Phi) is 7.33. The van der Waals surface area contributed by atoms with E-state index < -0.39 is 23.9 Å². The maximum absolute atomic E-state index is 13.9. The highest BCUT2D eigenvalue weighted by atomic mass is 79.9. The van der Waals surface area contributed by atoms with Crippen molar-refractivity contribution in [2.45, 2.75) is 25.2 Å². The molecule has 2 aromatic heterocycles. The predicted molar refractivity (Wildman–Crippen MR) is 139 cm³/mol. The van der Waals surface area contributed by atoms with Crippen molar-refractivity contribution in [3.63, 3.8) is 0 Å². The second kappa shape index (κ2) is 11.0. The van der Waals surface area contributed by atoms with Crippen LogP contribution in [0.4, 0.5) is 9.18 Å². The minimum absolute atomic E-state index is 0.0172. The van der Waals surface area contributed by atoms with Crippen molar-refractivity contribution in [3.8, 4) is 0 Å². The van der Waals surface area contributed by atoms with Gasteiger partial charge >= 0.3 is 6.09 Å². The van der Waals surface area contributed by atoms with E-state index in [1.165, 1.54) is 12.1 Å². The van der Waals surface area contributed by atoms with Gasteiger partial charge in [-0.25, -0.2) is 9.18 Å². The number of carbonyl (C=O) groups is 2. The zero-order chi connectivity index (χ0) is 25.8. The lowest BCUT2D eigenvalue weighted by Crippen LogP contribution is -2.49. The van der Waals surface area contributed by atoms with E-state index in [1.54, 1.807) is 24.5 Å². The quantitative estimate of drug-likeness (QED) is 0.239. The van der Waals surface area contributed by atoms with Gasteiger partial charge in [0.25, 0.3) is 0 Å². The Balaban J connectivity index is 1.27. The number of hydrogen-bond donors (Lipinski definition) is 4. The number of fused-ring (bicyclic) bond motifs is 2. The lowest BCUT2D eigenvalue weighted by Gasteiger charge is -2.19. The minimum Gasteiger partial charge on any atom is -0.445 e. The van der Waals surface area contributed by atoms with Crippen LogP contribution in [0.15, 0.2) is 71.6 Å². The van der Waals surface area contributed by atoms with Gasteiger partial charge in [0.15, 0.2) is 0 Å². The molecule has 4 aromatic rings. The normalized spacial score (nSPS) is 15.7. The second-order valence-electron chi connectivity index (χ2n) is 8.54. The zero-order valence-corrected chi connectivity index (χ0v) is 21.0. The number of para-hydroxylation sites is 1. The van der Waals surface area contributed by atoms with Gasteiger partial charge in [-0.05, 0) is 57.9 Å². The number of ether oxygens (including phenoxy) is 1. The molecule has 3 heterocycles. The monoisotopic (exact) mass is 567 g/mol. The van der Waals surface area contributed by atoms with Crippen LogP contribution in [0, 0.1) is 5.82 Å². The lowest BCUT2D eigenvalue weighted by atomic mass is 10.0. The van der Waals surface area contributed by atoms with E-state index in [1.807, 2.05) is 30.3 Å². The molecule has 1 aliphatic heterocycles. The standard InChI is InChI=1S/C26H23BrFN5O4/c27-24-10-19(37-33-24)13-31-25(34)23(8-17-12-30-22-6-5-18(28)9-20(17)22)32-26(35)36-14-15-7-16-3-1-2-4-21(16)29-11-15/h1-7,9-12,19,23,30,33H,8,13-14H2,(H,31,34)(H,32,35)/t19-,23?/m0/s1. The maximum atomic E-state index is 13.9. The third-order valence-electron chi connectivity index (χ3n) is 5.90. The van der Waals surface area contributed by atoms with Crippen molar-refractivity contribution in [2.75, 3.05) is 6.54 Å². The van der Waals surface area contributed by atoms with Gasteiger partial charge in [0, 0.05) is 40.7 Å². The number of H-pyrrole nitrogens is 1. The molecule has 9 nitrogen and oxygen atoms in total. The topological polar surface area (TPSA) is 117 Å². The van der Waals surface area contributed by atoms with Crippen LogP contribution in [-0.4, -0.2) is 40.7 Å². The molecule has 5 rings (SSSR count). The van der Waals surface area contributed by atoms with Crippen LogP contribution < -0.4 is 16.1 Å². The van der Waals surface area contributed by atoms with Crippen molar-refractivity contribution in [3.05, 3.63) is 88.6 Å². The number of amides is 2. The first-order valence-electron chi connectivity index (χ1n) is 11.5. The average molecular weight is 568 g/mol. The van der Waals surface area contributed by atoms with Crippen LogP contribution in [-0.2, 0) is 27.4 Å². The number of pyridine rings is 1. The summed E-state index contributed by atoms with van der Waals surface area (Å²) in [6.45, 7) is 0.163. The average Bonchev–Trinajstić information content (AvgIpc) is 3.50. The summed E-state index contributed by atoms with van der Waals surface area (Å²) in [7, 11) is 0. The van der Waals surface area contributed by atoms with E-state index in [2.05, 4.69) is 42.0 Å². The summed E-state index contributed by atoms with van der Waals surface area (Å²) in [5.74, 6) is -0.830. The second-order valence-corrected chi connectivity index (χ2v) is 9.39. The summed E-state index contributed by atoms with van der Waals surface area (Å²) in [6, 6.07) is 12.9. The molecular formula is C26H23BrFN5O4. The lowest BCUT2D eigenvalue weighted by molar-refractivity contribution is -0.123. The molecule has 0 spiro atoms. The summed E-state index contributed by atoms with van der Waals surface area (Å²) in [4.78, 5) is 38.5. The molecule has 2 amide bonds. The molecule has 0 radical (unpaired) electrons. The van der Waals surface area contributed by atoms with Gasteiger partial charge in [-0.1, -0.05) is 18.2 Å². The molecule has 0 fully saturated rings. The number of benzene rings is 2.